The van der Waals surface area contributed by atoms with Crippen LogP contribution in [0.1, 0.15) is 29.4 Å². The molecule has 8 nitrogen and oxygen atoms in total. The number of carbonyl (C=O) groups excluding carboxylic acids is 1. The molecule has 0 aliphatic carbocycles. The number of nitrogens with zero attached hydrogens (tertiary/aromatic N) is 2. The molecule has 4 rings (SSSR count). The quantitative estimate of drug-likeness (QED) is 0.496. The van der Waals surface area contributed by atoms with Gasteiger partial charge in [0.05, 0.1) is 25.2 Å². The highest BCUT2D eigenvalue weighted by Crippen LogP contribution is 2.26. The lowest BCUT2D eigenvalue weighted by molar-refractivity contribution is 0.0670. The maximum atomic E-state index is 13.4. The molecule has 0 unspecified atom stereocenters. The monoisotopic (exact) mass is 470 g/mol. The molecule has 0 spiro atoms. The summed E-state index contributed by atoms with van der Waals surface area (Å²) >= 11 is 0. The lowest BCUT2D eigenvalue weighted by atomic mass is 10.1. The third kappa shape index (κ3) is 5.36. The van der Waals surface area contributed by atoms with Gasteiger partial charge >= 0.3 is 0 Å². The molecule has 2 aromatic carbocycles. The minimum atomic E-state index is -3.18. The summed E-state index contributed by atoms with van der Waals surface area (Å²) in [5, 5.41) is 3.98. The van der Waals surface area contributed by atoms with Gasteiger partial charge in [-0.1, -0.05) is 17.3 Å². The molecule has 1 aliphatic heterocycles. The SMILES string of the molecule is CCOc1ccc(CN(C(=O)c2cc(-c3ccc(OC)cc3)on2)[C@H]2CCS(=O)(=O)C2)cc1. The Morgan fingerprint density at radius 3 is 2.42 bits per heavy atom. The molecular formula is C24H26N2O6S. The molecule has 1 aliphatic rings. The average Bonchev–Trinajstić information content (AvgIpc) is 3.45. The molecule has 9 heteroatoms. The molecule has 0 bridgehead atoms. The van der Waals surface area contributed by atoms with E-state index in [2.05, 4.69) is 5.16 Å². The first-order valence-corrected chi connectivity index (χ1v) is 12.5. The average molecular weight is 471 g/mol. The Morgan fingerprint density at radius 1 is 1.12 bits per heavy atom. The molecule has 0 N–H and O–H groups in total. The molecule has 1 fully saturated rings. The summed E-state index contributed by atoms with van der Waals surface area (Å²) in [7, 11) is -1.59. The highest BCUT2D eigenvalue weighted by Gasteiger charge is 2.36. The maximum absolute atomic E-state index is 13.4. The second kappa shape index (κ2) is 9.66. The van der Waals surface area contributed by atoms with Gasteiger partial charge < -0.3 is 18.9 Å². The Bertz CT molecular complexity index is 1200. The van der Waals surface area contributed by atoms with Gasteiger partial charge in [0.1, 0.15) is 11.5 Å². The summed E-state index contributed by atoms with van der Waals surface area (Å²) in [5.41, 5.74) is 1.76. The summed E-state index contributed by atoms with van der Waals surface area (Å²) in [5.74, 6) is 1.54. The van der Waals surface area contributed by atoms with Gasteiger partial charge in [0, 0.05) is 24.2 Å². The van der Waals surface area contributed by atoms with Gasteiger partial charge in [-0.15, -0.1) is 0 Å². The van der Waals surface area contributed by atoms with E-state index in [1.807, 2.05) is 43.3 Å². The number of ether oxygens (including phenoxy) is 2. The predicted octanol–water partition coefficient (Wildman–Crippen LogP) is 3.58. The van der Waals surface area contributed by atoms with E-state index in [-0.39, 0.29) is 29.7 Å². The largest absolute Gasteiger partial charge is 0.497 e. The van der Waals surface area contributed by atoms with Crippen LogP contribution < -0.4 is 9.47 Å². The third-order valence-corrected chi connectivity index (χ3v) is 7.35. The molecule has 3 aromatic rings. The molecule has 1 saturated heterocycles. The Kier molecular flexibility index (Phi) is 6.69. The number of methoxy groups -OCH3 is 1. The van der Waals surface area contributed by atoms with E-state index in [4.69, 9.17) is 14.0 Å². The minimum absolute atomic E-state index is 0.0566. The standard InChI is InChI=1S/C24H26N2O6S/c1-3-31-21-8-4-17(5-9-21)15-26(19-12-13-33(28,29)16-19)24(27)22-14-23(32-25-22)18-6-10-20(30-2)11-7-18/h4-11,14,19H,3,12-13,15-16H2,1-2H3/t19-/m0/s1. The fourth-order valence-electron chi connectivity index (χ4n) is 3.86. The first-order chi connectivity index (χ1) is 15.9. The van der Waals surface area contributed by atoms with Crippen LogP contribution in [0.25, 0.3) is 11.3 Å². The second-order valence-electron chi connectivity index (χ2n) is 7.87. The van der Waals surface area contributed by atoms with Crippen molar-refractivity contribution in [2.24, 2.45) is 0 Å². The normalized spacial score (nSPS) is 17.0. The van der Waals surface area contributed by atoms with E-state index < -0.39 is 15.9 Å². The van der Waals surface area contributed by atoms with Crippen LogP contribution in [0.4, 0.5) is 0 Å². The Hall–Kier alpha value is -3.33. The first-order valence-electron chi connectivity index (χ1n) is 10.7. The smallest absolute Gasteiger partial charge is 0.276 e. The molecule has 1 amide bonds. The third-order valence-electron chi connectivity index (χ3n) is 5.60. The van der Waals surface area contributed by atoms with Crippen molar-refractivity contribution in [2.75, 3.05) is 25.2 Å². The van der Waals surface area contributed by atoms with E-state index in [1.54, 1.807) is 30.2 Å². The molecular weight excluding hydrogens is 444 g/mol. The van der Waals surface area contributed by atoms with Crippen LogP contribution in [0.15, 0.2) is 59.1 Å². The molecule has 1 aromatic heterocycles. The summed E-state index contributed by atoms with van der Waals surface area (Å²) in [6, 6.07) is 15.8. The highest BCUT2D eigenvalue weighted by atomic mass is 32.2. The second-order valence-corrected chi connectivity index (χ2v) is 10.1. The Balaban J connectivity index is 1.58. The van der Waals surface area contributed by atoms with Crippen molar-refractivity contribution in [2.45, 2.75) is 25.9 Å². The zero-order chi connectivity index (χ0) is 23.4. The number of aromatic nitrogens is 1. The van der Waals surface area contributed by atoms with E-state index in [0.29, 0.717) is 24.5 Å². The van der Waals surface area contributed by atoms with Crippen molar-refractivity contribution >= 4 is 15.7 Å². The van der Waals surface area contributed by atoms with Crippen molar-refractivity contribution in [3.63, 3.8) is 0 Å². The maximum Gasteiger partial charge on any atom is 0.276 e. The molecule has 0 radical (unpaired) electrons. The van der Waals surface area contributed by atoms with Gasteiger partial charge in [-0.3, -0.25) is 4.79 Å². The van der Waals surface area contributed by atoms with Crippen LogP contribution in [-0.4, -0.2) is 55.6 Å². The van der Waals surface area contributed by atoms with Crippen LogP contribution in [0.3, 0.4) is 0 Å². The van der Waals surface area contributed by atoms with E-state index in [9.17, 15) is 13.2 Å². The van der Waals surface area contributed by atoms with Crippen LogP contribution in [0.5, 0.6) is 11.5 Å². The summed E-state index contributed by atoms with van der Waals surface area (Å²) < 4.78 is 40.3. The number of rotatable bonds is 8. The number of hydrogen-bond donors (Lipinski definition) is 0. The Morgan fingerprint density at radius 2 is 1.82 bits per heavy atom. The van der Waals surface area contributed by atoms with E-state index in [0.717, 1.165) is 16.9 Å². The van der Waals surface area contributed by atoms with Crippen LogP contribution in [-0.2, 0) is 16.4 Å². The van der Waals surface area contributed by atoms with Gasteiger partial charge in [-0.25, -0.2) is 8.42 Å². The Labute approximate surface area is 193 Å². The molecule has 33 heavy (non-hydrogen) atoms. The van der Waals surface area contributed by atoms with Crippen molar-refractivity contribution in [3.05, 3.63) is 65.9 Å². The zero-order valence-corrected chi connectivity index (χ0v) is 19.4. The van der Waals surface area contributed by atoms with Gasteiger partial charge in [-0.2, -0.15) is 0 Å². The predicted molar refractivity (Wildman–Crippen MR) is 123 cm³/mol. The number of sulfone groups is 1. The number of benzene rings is 2. The van der Waals surface area contributed by atoms with Crippen LogP contribution in [0, 0.1) is 0 Å². The van der Waals surface area contributed by atoms with E-state index >= 15 is 0 Å². The summed E-state index contributed by atoms with van der Waals surface area (Å²) in [6.07, 6.45) is 0.397. The van der Waals surface area contributed by atoms with Gasteiger partial charge in [0.25, 0.3) is 5.91 Å². The van der Waals surface area contributed by atoms with Gasteiger partial charge in [-0.05, 0) is 55.3 Å². The highest BCUT2D eigenvalue weighted by molar-refractivity contribution is 7.91. The first kappa shape index (κ1) is 22.8. The van der Waals surface area contributed by atoms with Crippen molar-refractivity contribution in [1.82, 2.24) is 10.1 Å². The molecule has 0 saturated carbocycles. The van der Waals surface area contributed by atoms with E-state index in [1.165, 1.54) is 0 Å². The number of hydrogen-bond acceptors (Lipinski definition) is 7. The zero-order valence-electron chi connectivity index (χ0n) is 18.6. The van der Waals surface area contributed by atoms with Gasteiger partial charge in [0.2, 0.25) is 0 Å². The van der Waals surface area contributed by atoms with Crippen LogP contribution in [0.2, 0.25) is 0 Å². The topological polar surface area (TPSA) is 98.9 Å². The molecule has 2 heterocycles. The molecule has 1 atom stereocenters. The lowest BCUT2D eigenvalue weighted by Gasteiger charge is -2.27. The fraction of sp³-hybridized carbons (Fsp3) is 0.333. The summed E-state index contributed by atoms with van der Waals surface area (Å²) in [6.45, 7) is 2.73. The number of carbonyl (C=O) groups is 1. The summed E-state index contributed by atoms with van der Waals surface area (Å²) in [4.78, 5) is 15.0. The van der Waals surface area contributed by atoms with Crippen molar-refractivity contribution in [1.29, 1.82) is 0 Å². The fourth-order valence-corrected chi connectivity index (χ4v) is 5.59. The van der Waals surface area contributed by atoms with Crippen molar-refractivity contribution in [3.8, 4) is 22.8 Å². The van der Waals surface area contributed by atoms with Crippen LogP contribution >= 0.6 is 0 Å². The van der Waals surface area contributed by atoms with Gasteiger partial charge in [0.15, 0.2) is 21.3 Å². The molecule has 174 valence electrons. The van der Waals surface area contributed by atoms with Crippen molar-refractivity contribution < 1.29 is 27.2 Å². The number of amides is 1. The lowest BCUT2D eigenvalue weighted by Crippen LogP contribution is -2.40. The minimum Gasteiger partial charge on any atom is -0.497 e.